The summed E-state index contributed by atoms with van der Waals surface area (Å²) in [5, 5.41) is 2.74. The topological polar surface area (TPSA) is 133 Å². The lowest BCUT2D eigenvalue weighted by molar-refractivity contribution is 0.0872. The Balaban J connectivity index is 1.57. The molecule has 0 saturated heterocycles. The van der Waals surface area contributed by atoms with Gasteiger partial charge in [0, 0.05) is 18.2 Å². The van der Waals surface area contributed by atoms with Crippen LogP contribution in [-0.4, -0.2) is 34.6 Å². The van der Waals surface area contributed by atoms with Gasteiger partial charge >= 0.3 is 6.09 Å². The van der Waals surface area contributed by atoms with Crippen LogP contribution in [0.4, 0.5) is 23.7 Å². The summed E-state index contributed by atoms with van der Waals surface area (Å²) in [7, 11) is 0. The first kappa shape index (κ1) is 27.1. The van der Waals surface area contributed by atoms with E-state index in [2.05, 4.69) is 15.3 Å². The number of hydrogen-bond donors (Lipinski definition) is 3. The zero-order chi connectivity index (χ0) is 27.6. The maximum absolute atomic E-state index is 14.5. The minimum Gasteiger partial charge on any atom is -0.449 e. The van der Waals surface area contributed by atoms with E-state index in [1.807, 2.05) is 6.92 Å². The van der Waals surface area contributed by atoms with Gasteiger partial charge in [0.1, 0.15) is 28.8 Å². The highest BCUT2D eigenvalue weighted by Gasteiger charge is 2.36. The number of amides is 2. The molecule has 0 unspecified atom stereocenters. The second-order valence-electron chi connectivity index (χ2n) is 9.65. The van der Waals surface area contributed by atoms with Crippen molar-refractivity contribution >= 4 is 17.7 Å². The lowest BCUT2D eigenvalue weighted by atomic mass is 9.70. The van der Waals surface area contributed by atoms with Gasteiger partial charge in [-0.15, -0.1) is 0 Å². The Hall–Kier alpha value is -3.99. The van der Waals surface area contributed by atoms with Crippen molar-refractivity contribution in [1.82, 2.24) is 9.97 Å². The van der Waals surface area contributed by atoms with Gasteiger partial charge in [0.25, 0.3) is 5.91 Å². The number of nitrogens with two attached hydrogens (primary N) is 2. The number of benzene rings is 1. The first-order valence-corrected chi connectivity index (χ1v) is 12.1. The van der Waals surface area contributed by atoms with Crippen molar-refractivity contribution < 1.29 is 27.5 Å². The molecule has 2 aromatic heterocycles. The lowest BCUT2D eigenvalue weighted by Crippen LogP contribution is -2.43. The molecule has 1 fully saturated rings. The van der Waals surface area contributed by atoms with Gasteiger partial charge in [0.05, 0.1) is 24.1 Å². The molecule has 2 amide bonds. The monoisotopic (exact) mass is 527 g/mol. The first-order valence-electron chi connectivity index (χ1n) is 12.1. The largest absolute Gasteiger partial charge is 0.449 e. The minimum absolute atomic E-state index is 0.0318. The van der Waals surface area contributed by atoms with Crippen molar-refractivity contribution in [1.29, 1.82) is 0 Å². The second-order valence-corrected chi connectivity index (χ2v) is 9.65. The van der Waals surface area contributed by atoms with E-state index in [1.165, 1.54) is 13.1 Å². The van der Waals surface area contributed by atoms with E-state index in [1.54, 1.807) is 12.3 Å². The summed E-state index contributed by atoms with van der Waals surface area (Å²) in [6, 6.07) is 5.70. The highest BCUT2D eigenvalue weighted by molar-refractivity contribution is 6.03. The molecular weight excluding hydrogens is 499 g/mol. The Morgan fingerprint density at radius 2 is 1.82 bits per heavy atom. The number of aryl methyl sites for hydroxylation is 1. The number of primary amides is 1. The summed E-state index contributed by atoms with van der Waals surface area (Å²) >= 11 is 0. The maximum Gasteiger partial charge on any atom is 0.404 e. The number of ether oxygens (including phenoxy) is 1. The third kappa shape index (κ3) is 5.77. The van der Waals surface area contributed by atoms with Gasteiger partial charge in [-0.05, 0) is 73.1 Å². The predicted molar refractivity (Wildman–Crippen MR) is 135 cm³/mol. The summed E-state index contributed by atoms with van der Waals surface area (Å²) in [5.41, 5.74) is 11.5. The molecule has 200 valence electrons. The summed E-state index contributed by atoms with van der Waals surface area (Å²) < 4.78 is 48.5. The SMILES string of the molecule is Cc1cc(F)c(-c2nc(C(=O)Nc3cnccc3[C@H]3C[C@@H](C)[C@@H](COC(N)=O)[C@@H](N)C3)ccc2F)c(F)c1. The molecule has 38 heavy (non-hydrogen) atoms. The van der Waals surface area contributed by atoms with E-state index < -0.39 is 40.7 Å². The van der Waals surface area contributed by atoms with Crippen molar-refractivity contribution in [2.75, 3.05) is 11.9 Å². The van der Waals surface area contributed by atoms with Gasteiger partial charge in [-0.25, -0.2) is 22.9 Å². The number of pyridine rings is 2. The molecule has 1 saturated carbocycles. The van der Waals surface area contributed by atoms with Crippen molar-refractivity contribution in [2.24, 2.45) is 23.3 Å². The van der Waals surface area contributed by atoms with Crippen LogP contribution in [-0.2, 0) is 4.74 Å². The molecular formula is C27H28F3N5O3. The number of nitrogens with one attached hydrogen (secondary N) is 1. The number of hydrogen-bond acceptors (Lipinski definition) is 6. The smallest absolute Gasteiger partial charge is 0.404 e. The molecule has 0 bridgehead atoms. The molecule has 1 aliphatic carbocycles. The van der Waals surface area contributed by atoms with Crippen LogP contribution in [0, 0.1) is 36.2 Å². The molecule has 3 aromatic rings. The highest BCUT2D eigenvalue weighted by atomic mass is 19.1. The Kier molecular flexibility index (Phi) is 7.96. The third-order valence-electron chi connectivity index (χ3n) is 6.96. The van der Waals surface area contributed by atoms with E-state index in [9.17, 15) is 22.8 Å². The number of carbonyl (C=O) groups is 2. The molecule has 2 heterocycles. The van der Waals surface area contributed by atoms with Gasteiger partial charge in [0.2, 0.25) is 0 Å². The summed E-state index contributed by atoms with van der Waals surface area (Å²) in [5.74, 6) is -3.63. The van der Waals surface area contributed by atoms with Crippen molar-refractivity contribution in [3.05, 3.63) is 77.0 Å². The number of rotatable bonds is 6. The van der Waals surface area contributed by atoms with E-state index in [4.69, 9.17) is 16.2 Å². The van der Waals surface area contributed by atoms with Crippen molar-refractivity contribution in [3.8, 4) is 11.3 Å². The number of anilines is 1. The summed E-state index contributed by atoms with van der Waals surface area (Å²) in [6.07, 6.45) is 3.50. The van der Waals surface area contributed by atoms with Crippen LogP contribution in [0.2, 0.25) is 0 Å². The van der Waals surface area contributed by atoms with Crippen LogP contribution in [0.5, 0.6) is 0 Å². The number of aromatic nitrogens is 2. The molecule has 1 aromatic carbocycles. The third-order valence-corrected chi connectivity index (χ3v) is 6.96. The normalized spacial score (nSPS) is 21.1. The Bertz CT molecular complexity index is 1330. The maximum atomic E-state index is 14.5. The van der Waals surface area contributed by atoms with Crippen LogP contribution >= 0.6 is 0 Å². The predicted octanol–water partition coefficient (Wildman–Crippen LogP) is 4.67. The molecule has 4 rings (SSSR count). The van der Waals surface area contributed by atoms with Gasteiger partial charge in [0.15, 0.2) is 0 Å². The van der Waals surface area contributed by atoms with Gasteiger partial charge < -0.3 is 21.5 Å². The van der Waals surface area contributed by atoms with Crippen molar-refractivity contribution in [2.45, 2.75) is 38.6 Å². The Labute approximate surface area is 217 Å². The Morgan fingerprint density at radius 3 is 2.47 bits per heavy atom. The van der Waals surface area contributed by atoms with Crippen LogP contribution < -0.4 is 16.8 Å². The molecule has 8 nitrogen and oxygen atoms in total. The highest BCUT2D eigenvalue weighted by Crippen LogP contribution is 2.41. The molecule has 11 heteroatoms. The van der Waals surface area contributed by atoms with E-state index >= 15 is 0 Å². The number of carbonyl (C=O) groups excluding carboxylic acids is 2. The fourth-order valence-electron chi connectivity index (χ4n) is 5.09. The second kappa shape index (κ2) is 11.2. The van der Waals surface area contributed by atoms with E-state index in [-0.39, 0.29) is 36.1 Å². The summed E-state index contributed by atoms with van der Waals surface area (Å²) in [4.78, 5) is 32.2. The first-order chi connectivity index (χ1) is 18.0. The van der Waals surface area contributed by atoms with Crippen molar-refractivity contribution in [3.63, 3.8) is 0 Å². The molecule has 1 aliphatic rings. The zero-order valence-corrected chi connectivity index (χ0v) is 20.9. The van der Waals surface area contributed by atoms with E-state index in [0.29, 0.717) is 24.1 Å². The molecule has 0 radical (unpaired) electrons. The van der Waals surface area contributed by atoms with Gasteiger partial charge in [-0.2, -0.15) is 0 Å². The van der Waals surface area contributed by atoms with Crippen LogP contribution in [0.25, 0.3) is 11.3 Å². The Morgan fingerprint density at radius 1 is 1.11 bits per heavy atom. The molecule has 5 N–H and O–H groups in total. The average molecular weight is 528 g/mol. The number of nitrogens with zero attached hydrogens (tertiary/aromatic N) is 2. The van der Waals surface area contributed by atoms with Gasteiger partial charge in [-0.3, -0.25) is 9.78 Å². The van der Waals surface area contributed by atoms with Crippen LogP contribution in [0.1, 0.15) is 47.3 Å². The van der Waals surface area contributed by atoms with Gasteiger partial charge in [-0.1, -0.05) is 6.92 Å². The zero-order valence-electron chi connectivity index (χ0n) is 20.9. The fourth-order valence-corrected chi connectivity index (χ4v) is 5.09. The standard InChI is InChI=1S/C27H28F3N5O3/c1-13-7-19(29)24(20(30)8-13)25-18(28)3-4-22(34-25)26(36)35-23-11-33-6-5-16(23)15-9-14(2)17(21(31)10-15)12-38-27(32)37/h3-8,11,14-15,17,21H,9-10,12,31H2,1-2H3,(H2,32,37)(H,35,36)/t14-,15+,17-,21+/m1/s1. The van der Waals surface area contributed by atoms with Crippen LogP contribution in [0.15, 0.2) is 42.7 Å². The van der Waals surface area contributed by atoms with E-state index in [0.717, 1.165) is 29.8 Å². The molecule has 0 aliphatic heterocycles. The quantitative estimate of drug-likeness (QED) is 0.427. The van der Waals surface area contributed by atoms with Crippen LogP contribution in [0.3, 0.4) is 0 Å². The minimum atomic E-state index is -0.983. The summed E-state index contributed by atoms with van der Waals surface area (Å²) in [6.45, 7) is 3.64. The molecule has 4 atom stereocenters. The number of halogens is 3. The molecule has 0 spiro atoms. The fraction of sp³-hybridized carbons (Fsp3) is 0.333. The average Bonchev–Trinajstić information content (AvgIpc) is 2.84. The lowest BCUT2D eigenvalue weighted by Gasteiger charge is -2.39.